The Morgan fingerprint density at radius 2 is 1.46 bits per heavy atom. The third-order valence-electron chi connectivity index (χ3n) is 4.12. The van der Waals surface area contributed by atoms with E-state index in [4.69, 9.17) is 0 Å². The number of amides is 2. The third kappa shape index (κ3) is 3.42. The highest BCUT2D eigenvalue weighted by Gasteiger charge is 2.06. The number of para-hydroxylation sites is 2. The van der Waals surface area contributed by atoms with Gasteiger partial charge in [-0.2, -0.15) is 0 Å². The standard InChI is InChI=1S/C21H18N4O/c1-14-6-10-16(11-7-14)22-21(26)23-17-12-8-15(9-13-17)20-24-18-4-2-3-5-19(18)25-20/h2-13H,1H3,(H,24,25)(H2,22,23,26). The highest BCUT2D eigenvalue weighted by atomic mass is 16.2. The zero-order chi connectivity index (χ0) is 17.9. The monoisotopic (exact) mass is 342 g/mol. The van der Waals surface area contributed by atoms with Crippen molar-refractivity contribution in [2.45, 2.75) is 6.92 Å². The summed E-state index contributed by atoms with van der Waals surface area (Å²) in [6.45, 7) is 2.01. The van der Waals surface area contributed by atoms with Crippen molar-refractivity contribution >= 4 is 28.4 Å². The van der Waals surface area contributed by atoms with E-state index in [2.05, 4.69) is 20.6 Å². The normalized spacial score (nSPS) is 10.7. The lowest BCUT2D eigenvalue weighted by atomic mass is 10.2. The van der Waals surface area contributed by atoms with Crippen LogP contribution >= 0.6 is 0 Å². The van der Waals surface area contributed by atoms with Crippen LogP contribution in [-0.2, 0) is 0 Å². The Labute approximate surface area is 151 Å². The van der Waals surface area contributed by atoms with Gasteiger partial charge in [0, 0.05) is 16.9 Å². The number of rotatable bonds is 3. The summed E-state index contributed by atoms with van der Waals surface area (Å²) in [5, 5.41) is 5.64. The van der Waals surface area contributed by atoms with Crippen LogP contribution in [0.4, 0.5) is 16.2 Å². The number of carbonyl (C=O) groups is 1. The number of hydrogen-bond acceptors (Lipinski definition) is 2. The van der Waals surface area contributed by atoms with Crippen LogP contribution < -0.4 is 10.6 Å². The Morgan fingerprint density at radius 1 is 0.846 bits per heavy atom. The van der Waals surface area contributed by atoms with E-state index in [0.29, 0.717) is 0 Å². The van der Waals surface area contributed by atoms with E-state index in [0.717, 1.165) is 39.4 Å². The number of benzene rings is 3. The van der Waals surface area contributed by atoms with Crippen LogP contribution in [0.2, 0.25) is 0 Å². The molecule has 26 heavy (non-hydrogen) atoms. The van der Waals surface area contributed by atoms with Crippen molar-refractivity contribution in [1.82, 2.24) is 9.97 Å². The number of aromatic amines is 1. The molecule has 128 valence electrons. The van der Waals surface area contributed by atoms with E-state index in [9.17, 15) is 4.79 Å². The smallest absolute Gasteiger partial charge is 0.323 e. The minimum atomic E-state index is -0.273. The van der Waals surface area contributed by atoms with Crippen molar-refractivity contribution < 1.29 is 4.79 Å². The van der Waals surface area contributed by atoms with Crippen LogP contribution in [-0.4, -0.2) is 16.0 Å². The van der Waals surface area contributed by atoms with Gasteiger partial charge in [0.25, 0.3) is 0 Å². The molecule has 2 amide bonds. The van der Waals surface area contributed by atoms with Crippen molar-refractivity contribution in [3.05, 3.63) is 78.4 Å². The zero-order valence-electron chi connectivity index (χ0n) is 14.3. The molecular weight excluding hydrogens is 324 g/mol. The number of H-pyrrole nitrogens is 1. The molecule has 0 aliphatic rings. The van der Waals surface area contributed by atoms with Crippen LogP contribution in [0.3, 0.4) is 0 Å². The van der Waals surface area contributed by atoms with Gasteiger partial charge in [0.05, 0.1) is 11.0 Å². The molecule has 4 rings (SSSR count). The number of nitrogens with zero attached hydrogens (tertiary/aromatic N) is 1. The maximum absolute atomic E-state index is 12.1. The molecule has 1 aromatic heterocycles. The van der Waals surface area contributed by atoms with Gasteiger partial charge in [-0.3, -0.25) is 0 Å². The third-order valence-corrected chi connectivity index (χ3v) is 4.12. The molecule has 0 radical (unpaired) electrons. The van der Waals surface area contributed by atoms with Gasteiger partial charge in [0.1, 0.15) is 5.82 Å². The summed E-state index contributed by atoms with van der Waals surface area (Å²) in [7, 11) is 0. The molecule has 5 heteroatoms. The maximum atomic E-state index is 12.1. The molecular formula is C21H18N4O. The molecule has 0 saturated heterocycles. The van der Waals surface area contributed by atoms with Crippen molar-refractivity contribution in [1.29, 1.82) is 0 Å². The highest BCUT2D eigenvalue weighted by Crippen LogP contribution is 2.22. The molecule has 0 spiro atoms. The Kier molecular flexibility index (Phi) is 4.11. The van der Waals surface area contributed by atoms with Crippen molar-refractivity contribution in [2.75, 3.05) is 10.6 Å². The molecule has 0 fully saturated rings. The Morgan fingerprint density at radius 3 is 2.12 bits per heavy atom. The summed E-state index contributed by atoms with van der Waals surface area (Å²) in [4.78, 5) is 20.0. The fourth-order valence-corrected chi connectivity index (χ4v) is 2.73. The van der Waals surface area contributed by atoms with E-state index >= 15 is 0 Å². The van der Waals surface area contributed by atoms with E-state index < -0.39 is 0 Å². The molecule has 1 heterocycles. The SMILES string of the molecule is Cc1ccc(NC(=O)Nc2ccc(-c3nc4ccccc4[nH]3)cc2)cc1. The molecule has 0 atom stereocenters. The predicted octanol–water partition coefficient (Wildman–Crippen LogP) is 5.18. The topological polar surface area (TPSA) is 69.8 Å². The predicted molar refractivity (Wildman–Crippen MR) is 105 cm³/mol. The van der Waals surface area contributed by atoms with Gasteiger partial charge < -0.3 is 15.6 Å². The summed E-state index contributed by atoms with van der Waals surface area (Å²) in [6, 6.07) is 22.9. The van der Waals surface area contributed by atoms with Gasteiger partial charge >= 0.3 is 6.03 Å². The Hall–Kier alpha value is -3.60. The molecule has 4 aromatic rings. The van der Waals surface area contributed by atoms with Gasteiger partial charge in [-0.15, -0.1) is 0 Å². The van der Waals surface area contributed by atoms with Crippen molar-refractivity contribution in [2.24, 2.45) is 0 Å². The number of aromatic nitrogens is 2. The number of aryl methyl sites for hydroxylation is 1. The number of imidazole rings is 1. The van der Waals surface area contributed by atoms with E-state index in [1.54, 1.807) is 0 Å². The number of fused-ring (bicyclic) bond motifs is 1. The van der Waals surface area contributed by atoms with E-state index in [1.165, 1.54) is 0 Å². The lowest BCUT2D eigenvalue weighted by Crippen LogP contribution is -2.19. The zero-order valence-corrected chi connectivity index (χ0v) is 14.3. The molecule has 3 N–H and O–H groups in total. The molecule has 5 nitrogen and oxygen atoms in total. The number of anilines is 2. The number of nitrogens with one attached hydrogen (secondary N) is 3. The number of urea groups is 1. The van der Waals surface area contributed by atoms with Crippen LogP contribution in [0.25, 0.3) is 22.4 Å². The summed E-state index contributed by atoms with van der Waals surface area (Å²) in [6.07, 6.45) is 0. The number of carbonyl (C=O) groups excluding carboxylic acids is 1. The van der Waals surface area contributed by atoms with Crippen LogP contribution in [0, 0.1) is 6.92 Å². The minimum absolute atomic E-state index is 0.273. The van der Waals surface area contributed by atoms with E-state index in [1.807, 2.05) is 79.7 Å². The van der Waals surface area contributed by atoms with Crippen molar-refractivity contribution in [3.8, 4) is 11.4 Å². The first-order valence-electron chi connectivity index (χ1n) is 8.37. The molecule has 3 aromatic carbocycles. The minimum Gasteiger partial charge on any atom is -0.338 e. The second kappa shape index (κ2) is 6.72. The summed E-state index contributed by atoms with van der Waals surface area (Å²) >= 11 is 0. The maximum Gasteiger partial charge on any atom is 0.323 e. The lowest BCUT2D eigenvalue weighted by Gasteiger charge is -2.08. The Bertz CT molecular complexity index is 1020. The first-order chi connectivity index (χ1) is 12.7. The highest BCUT2D eigenvalue weighted by molar-refractivity contribution is 5.99. The van der Waals surface area contributed by atoms with Gasteiger partial charge in [0.2, 0.25) is 0 Å². The second-order valence-corrected chi connectivity index (χ2v) is 6.13. The average molecular weight is 342 g/mol. The van der Waals surface area contributed by atoms with Gasteiger partial charge in [-0.05, 0) is 55.5 Å². The fraction of sp³-hybridized carbons (Fsp3) is 0.0476. The number of hydrogen-bond donors (Lipinski definition) is 3. The van der Waals surface area contributed by atoms with Crippen LogP contribution in [0.15, 0.2) is 72.8 Å². The molecule has 0 saturated carbocycles. The van der Waals surface area contributed by atoms with Crippen LogP contribution in [0.1, 0.15) is 5.56 Å². The summed E-state index contributed by atoms with van der Waals surface area (Å²) < 4.78 is 0. The fourth-order valence-electron chi connectivity index (χ4n) is 2.73. The largest absolute Gasteiger partial charge is 0.338 e. The second-order valence-electron chi connectivity index (χ2n) is 6.13. The van der Waals surface area contributed by atoms with Gasteiger partial charge in [-0.1, -0.05) is 29.8 Å². The average Bonchev–Trinajstić information content (AvgIpc) is 3.08. The van der Waals surface area contributed by atoms with Crippen LogP contribution in [0.5, 0.6) is 0 Å². The summed E-state index contributed by atoms with van der Waals surface area (Å²) in [5.74, 6) is 0.807. The quantitative estimate of drug-likeness (QED) is 0.480. The van der Waals surface area contributed by atoms with E-state index in [-0.39, 0.29) is 6.03 Å². The first kappa shape index (κ1) is 15.9. The molecule has 0 bridgehead atoms. The first-order valence-corrected chi connectivity index (χ1v) is 8.37. The Balaban J connectivity index is 1.45. The summed E-state index contributed by atoms with van der Waals surface area (Å²) in [5.41, 5.74) is 5.52. The molecule has 0 aliphatic carbocycles. The van der Waals surface area contributed by atoms with Gasteiger partial charge in [0.15, 0.2) is 0 Å². The lowest BCUT2D eigenvalue weighted by molar-refractivity contribution is 0.262. The molecule has 0 aliphatic heterocycles. The van der Waals surface area contributed by atoms with Crippen molar-refractivity contribution in [3.63, 3.8) is 0 Å². The van der Waals surface area contributed by atoms with Gasteiger partial charge in [-0.25, -0.2) is 9.78 Å². The molecule has 0 unspecified atom stereocenters.